The molecular weight excluding hydrogens is 359 g/mol. The standard InChI is InChI=1S/C16H11Cl3N2O2/c1-9-15(21-5-4-11(17)7-14(21)20-9)16(22)23-8-10-2-3-12(18)13(19)6-10/h2-7H,8H2,1H3. The summed E-state index contributed by atoms with van der Waals surface area (Å²) in [5.41, 5.74) is 2.29. The van der Waals surface area contributed by atoms with Crippen molar-refractivity contribution in [1.29, 1.82) is 0 Å². The third-order valence-corrected chi connectivity index (χ3v) is 4.28. The molecule has 2 aromatic heterocycles. The van der Waals surface area contributed by atoms with E-state index in [-0.39, 0.29) is 6.61 Å². The lowest BCUT2D eigenvalue weighted by Crippen LogP contribution is -2.09. The van der Waals surface area contributed by atoms with Gasteiger partial charge in [-0.25, -0.2) is 9.78 Å². The van der Waals surface area contributed by atoms with Crippen molar-refractivity contribution in [3.63, 3.8) is 0 Å². The Balaban J connectivity index is 1.83. The molecule has 118 valence electrons. The highest BCUT2D eigenvalue weighted by atomic mass is 35.5. The molecule has 0 saturated heterocycles. The molecular formula is C16H11Cl3N2O2. The first-order valence-corrected chi connectivity index (χ1v) is 7.84. The van der Waals surface area contributed by atoms with Crippen LogP contribution in [0.1, 0.15) is 21.7 Å². The largest absolute Gasteiger partial charge is 0.456 e. The van der Waals surface area contributed by atoms with Crippen LogP contribution in [-0.4, -0.2) is 15.4 Å². The summed E-state index contributed by atoms with van der Waals surface area (Å²) in [6, 6.07) is 8.45. The van der Waals surface area contributed by atoms with Crippen LogP contribution in [0.2, 0.25) is 15.1 Å². The van der Waals surface area contributed by atoms with E-state index < -0.39 is 5.97 Å². The summed E-state index contributed by atoms with van der Waals surface area (Å²) in [7, 11) is 0. The van der Waals surface area contributed by atoms with E-state index in [1.165, 1.54) is 0 Å². The predicted molar refractivity (Wildman–Crippen MR) is 90.5 cm³/mol. The molecule has 0 amide bonds. The molecule has 0 unspecified atom stereocenters. The Bertz CT molecular complexity index is 906. The second-order valence-corrected chi connectivity index (χ2v) is 6.19. The van der Waals surface area contributed by atoms with E-state index in [1.807, 2.05) is 0 Å². The molecule has 3 rings (SSSR count). The van der Waals surface area contributed by atoms with Gasteiger partial charge in [0.1, 0.15) is 12.3 Å². The monoisotopic (exact) mass is 368 g/mol. The Kier molecular flexibility index (Phi) is 4.48. The molecule has 0 saturated carbocycles. The van der Waals surface area contributed by atoms with Gasteiger partial charge in [-0.15, -0.1) is 0 Å². The molecule has 0 spiro atoms. The van der Waals surface area contributed by atoms with Crippen molar-refractivity contribution in [3.05, 3.63) is 68.5 Å². The van der Waals surface area contributed by atoms with Crippen LogP contribution in [0, 0.1) is 6.92 Å². The normalized spacial score (nSPS) is 11.0. The fourth-order valence-electron chi connectivity index (χ4n) is 2.23. The van der Waals surface area contributed by atoms with E-state index in [9.17, 15) is 4.79 Å². The van der Waals surface area contributed by atoms with Crippen LogP contribution in [0.5, 0.6) is 0 Å². The van der Waals surface area contributed by atoms with Crippen molar-refractivity contribution in [1.82, 2.24) is 9.38 Å². The van der Waals surface area contributed by atoms with Crippen molar-refractivity contribution in [3.8, 4) is 0 Å². The molecule has 7 heteroatoms. The summed E-state index contributed by atoms with van der Waals surface area (Å²) >= 11 is 17.7. The number of rotatable bonds is 3. The van der Waals surface area contributed by atoms with Gasteiger partial charge >= 0.3 is 5.97 Å². The first-order valence-electron chi connectivity index (χ1n) is 6.71. The molecule has 1 aromatic carbocycles. The number of fused-ring (bicyclic) bond motifs is 1. The molecule has 0 aliphatic rings. The number of imidazole rings is 1. The molecule has 0 N–H and O–H groups in total. The minimum absolute atomic E-state index is 0.0932. The summed E-state index contributed by atoms with van der Waals surface area (Å²) < 4.78 is 7.00. The van der Waals surface area contributed by atoms with Crippen LogP contribution in [-0.2, 0) is 11.3 Å². The van der Waals surface area contributed by atoms with Crippen LogP contribution < -0.4 is 0 Å². The highest BCUT2D eigenvalue weighted by Crippen LogP contribution is 2.23. The number of halogens is 3. The summed E-state index contributed by atoms with van der Waals surface area (Å²) in [5.74, 6) is -0.469. The first-order chi connectivity index (χ1) is 11.0. The minimum atomic E-state index is -0.469. The molecule has 4 nitrogen and oxygen atoms in total. The maximum Gasteiger partial charge on any atom is 0.357 e. The average Bonchev–Trinajstić information content (AvgIpc) is 2.83. The number of nitrogens with zero attached hydrogens (tertiary/aromatic N) is 2. The van der Waals surface area contributed by atoms with E-state index in [1.54, 1.807) is 47.9 Å². The fourth-order valence-corrected chi connectivity index (χ4v) is 2.70. The third kappa shape index (κ3) is 3.29. The lowest BCUT2D eigenvalue weighted by molar-refractivity contribution is 0.0463. The van der Waals surface area contributed by atoms with Gasteiger partial charge in [-0.3, -0.25) is 4.40 Å². The van der Waals surface area contributed by atoms with Gasteiger partial charge in [0, 0.05) is 17.3 Å². The predicted octanol–water partition coefficient (Wildman–Crippen LogP) is 4.96. The number of pyridine rings is 1. The Morgan fingerprint density at radius 3 is 2.70 bits per heavy atom. The van der Waals surface area contributed by atoms with Gasteiger partial charge in [0.2, 0.25) is 0 Å². The van der Waals surface area contributed by atoms with Gasteiger partial charge in [0.15, 0.2) is 5.69 Å². The van der Waals surface area contributed by atoms with Crippen LogP contribution in [0.25, 0.3) is 5.65 Å². The molecule has 0 bridgehead atoms. The molecule has 0 fully saturated rings. The van der Waals surface area contributed by atoms with E-state index in [0.717, 1.165) is 5.56 Å². The molecule has 0 radical (unpaired) electrons. The maximum atomic E-state index is 12.4. The fraction of sp³-hybridized carbons (Fsp3) is 0.125. The number of esters is 1. The number of carbonyl (C=O) groups excluding carboxylic acids is 1. The van der Waals surface area contributed by atoms with Crippen LogP contribution in [0.3, 0.4) is 0 Å². The van der Waals surface area contributed by atoms with Gasteiger partial charge < -0.3 is 4.74 Å². The quantitative estimate of drug-likeness (QED) is 0.613. The lowest BCUT2D eigenvalue weighted by atomic mass is 10.2. The zero-order valence-electron chi connectivity index (χ0n) is 12.0. The van der Waals surface area contributed by atoms with Gasteiger partial charge in [-0.1, -0.05) is 40.9 Å². The molecule has 2 heterocycles. The van der Waals surface area contributed by atoms with Gasteiger partial charge in [0.05, 0.1) is 15.7 Å². The topological polar surface area (TPSA) is 43.6 Å². The SMILES string of the molecule is Cc1nc2cc(Cl)ccn2c1C(=O)OCc1ccc(Cl)c(Cl)c1. The number of hydrogen-bond donors (Lipinski definition) is 0. The Morgan fingerprint density at radius 1 is 1.17 bits per heavy atom. The number of aryl methyl sites for hydroxylation is 1. The van der Waals surface area contributed by atoms with Gasteiger partial charge in [-0.05, 0) is 30.7 Å². The van der Waals surface area contributed by atoms with Crippen LogP contribution >= 0.6 is 34.8 Å². The van der Waals surface area contributed by atoms with Crippen molar-refractivity contribution in [2.75, 3.05) is 0 Å². The third-order valence-electron chi connectivity index (χ3n) is 3.31. The number of aromatic nitrogens is 2. The molecule has 0 aliphatic carbocycles. The van der Waals surface area contributed by atoms with Gasteiger partial charge in [0.25, 0.3) is 0 Å². The highest BCUT2D eigenvalue weighted by Gasteiger charge is 2.18. The van der Waals surface area contributed by atoms with Crippen molar-refractivity contribution >= 4 is 46.4 Å². The van der Waals surface area contributed by atoms with Crippen molar-refractivity contribution in [2.24, 2.45) is 0 Å². The second kappa shape index (κ2) is 6.40. The molecule has 3 aromatic rings. The number of benzene rings is 1. The van der Waals surface area contributed by atoms with Crippen LogP contribution in [0.15, 0.2) is 36.5 Å². The maximum absolute atomic E-state index is 12.4. The first kappa shape index (κ1) is 16.1. The summed E-state index contributed by atoms with van der Waals surface area (Å²) in [6.07, 6.45) is 1.69. The smallest absolute Gasteiger partial charge is 0.357 e. The number of ether oxygens (including phenoxy) is 1. The minimum Gasteiger partial charge on any atom is -0.456 e. The van der Waals surface area contributed by atoms with E-state index >= 15 is 0 Å². The van der Waals surface area contributed by atoms with Crippen molar-refractivity contribution in [2.45, 2.75) is 13.5 Å². The number of hydrogen-bond acceptors (Lipinski definition) is 3. The zero-order chi connectivity index (χ0) is 16.6. The molecule has 23 heavy (non-hydrogen) atoms. The zero-order valence-corrected chi connectivity index (χ0v) is 14.3. The Labute approximate surface area is 147 Å². The molecule has 0 atom stereocenters. The highest BCUT2D eigenvalue weighted by molar-refractivity contribution is 6.42. The summed E-state index contributed by atoms with van der Waals surface area (Å²) in [6.45, 7) is 1.84. The van der Waals surface area contributed by atoms with E-state index in [4.69, 9.17) is 39.5 Å². The Hall–Kier alpha value is -1.75. The molecule has 0 aliphatic heterocycles. The number of carbonyl (C=O) groups is 1. The van der Waals surface area contributed by atoms with E-state index in [0.29, 0.717) is 32.1 Å². The summed E-state index contributed by atoms with van der Waals surface area (Å²) in [4.78, 5) is 16.7. The van der Waals surface area contributed by atoms with Gasteiger partial charge in [-0.2, -0.15) is 0 Å². The Morgan fingerprint density at radius 2 is 1.96 bits per heavy atom. The van der Waals surface area contributed by atoms with E-state index in [2.05, 4.69) is 4.98 Å². The van der Waals surface area contributed by atoms with Crippen molar-refractivity contribution < 1.29 is 9.53 Å². The van der Waals surface area contributed by atoms with Crippen LogP contribution in [0.4, 0.5) is 0 Å². The second-order valence-electron chi connectivity index (χ2n) is 4.94. The average molecular weight is 370 g/mol. The lowest BCUT2D eigenvalue weighted by Gasteiger charge is -2.07. The summed E-state index contributed by atoms with van der Waals surface area (Å²) in [5, 5.41) is 1.43.